The lowest BCUT2D eigenvalue weighted by atomic mass is 9.90. The molecule has 3 heterocycles. The molecule has 1 saturated heterocycles. The number of ether oxygens (including phenoxy) is 2. The molecule has 0 N–H and O–H groups in total. The van der Waals surface area contributed by atoms with Crippen LogP contribution in [0.1, 0.15) is 52.7 Å². The summed E-state index contributed by atoms with van der Waals surface area (Å²) in [5, 5.41) is 1.55. The SMILES string of the molecule is CC(C)(C)OC(=O)N1CCN(c2nc3ccc(-c4cccc5c4CCN(C(=O)OC(C)(C)C)C5)cc3cc2Cl)CC1. The Balaban J connectivity index is 1.33. The van der Waals surface area contributed by atoms with Crippen molar-refractivity contribution in [3.8, 4) is 11.1 Å². The molecular weight excluding hydrogens is 540 g/mol. The summed E-state index contributed by atoms with van der Waals surface area (Å²) < 4.78 is 11.1. The molecule has 0 bridgehead atoms. The van der Waals surface area contributed by atoms with Crippen molar-refractivity contribution in [2.24, 2.45) is 0 Å². The fourth-order valence-corrected chi connectivity index (χ4v) is 5.60. The molecule has 2 aromatic carbocycles. The Bertz CT molecular complexity index is 1470. The molecule has 2 aliphatic rings. The van der Waals surface area contributed by atoms with Crippen LogP contribution < -0.4 is 4.90 Å². The van der Waals surface area contributed by atoms with Crippen molar-refractivity contribution in [3.63, 3.8) is 0 Å². The summed E-state index contributed by atoms with van der Waals surface area (Å²) in [4.78, 5) is 35.6. The van der Waals surface area contributed by atoms with E-state index in [9.17, 15) is 9.59 Å². The molecule has 0 aliphatic carbocycles. The van der Waals surface area contributed by atoms with Gasteiger partial charge in [-0.3, -0.25) is 0 Å². The fourth-order valence-electron chi connectivity index (χ4n) is 5.32. The molecule has 0 unspecified atom stereocenters. The Labute approximate surface area is 247 Å². The number of piperazine rings is 1. The van der Waals surface area contributed by atoms with E-state index >= 15 is 0 Å². The van der Waals surface area contributed by atoms with Crippen LogP contribution in [0.4, 0.5) is 15.4 Å². The van der Waals surface area contributed by atoms with Crippen molar-refractivity contribution < 1.29 is 19.1 Å². The minimum atomic E-state index is -0.520. The van der Waals surface area contributed by atoms with Gasteiger partial charge in [0.25, 0.3) is 0 Å². The molecule has 8 nitrogen and oxygen atoms in total. The molecule has 0 saturated carbocycles. The highest BCUT2D eigenvalue weighted by atomic mass is 35.5. The smallest absolute Gasteiger partial charge is 0.410 e. The van der Waals surface area contributed by atoms with Crippen LogP contribution in [0, 0.1) is 0 Å². The first-order chi connectivity index (χ1) is 19.3. The Morgan fingerprint density at radius 3 is 2.15 bits per heavy atom. The van der Waals surface area contributed by atoms with Crippen LogP contribution in [0.25, 0.3) is 22.0 Å². The van der Waals surface area contributed by atoms with Gasteiger partial charge in [-0.2, -0.15) is 0 Å². The first kappa shape index (κ1) is 29.0. The lowest BCUT2D eigenvalue weighted by Crippen LogP contribution is -2.50. The van der Waals surface area contributed by atoms with Crippen molar-refractivity contribution in [2.75, 3.05) is 37.6 Å². The standard InChI is InChI=1S/C32H39ClN4O4/c1-31(2,3)40-29(38)36-16-14-35(15-17-36)28-26(33)19-23-18-21(10-11-27(23)34-28)24-9-7-8-22-20-37(13-12-25(22)24)30(39)41-32(4,5)6/h7-11,18-19H,12-17,20H2,1-6H3. The molecule has 9 heteroatoms. The zero-order chi connectivity index (χ0) is 29.5. The highest BCUT2D eigenvalue weighted by molar-refractivity contribution is 6.33. The van der Waals surface area contributed by atoms with Crippen LogP contribution in [0.3, 0.4) is 0 Å². The molecule has 1 aromatic heterocycles. The Morgan fingerprint density at radius 1 is 0.829 bits per heavy atom. The van der Waals surface area contributed by atoms with E-state index in [-0.39, 0.29) is 12.2 Å². The summed E-state index contributed by atoms with van der Waals surface area (Å²) in [6, 6.07) is 14.5. The predicted molar refractivity (Wildman–Crippen MR) is 163 cm³/mol. The second-order valence-electron chi connectivity index (χ2n) is 12.8. The zero-order valence-electron chi connectivity index (χ0n) is 24.8. The molecule has 0 spiro atoms. The second kappa shape index (κ2) is 11.0. The van der Waals surface area contributed by atoms with Crippen molar-refractivity contribution >= 4 is 40.5 Å². The van der Waals surface area contributed by atoms with Crippen molar-refractivity contribution in [1.82, 2.24) is 14.8 Å². The number of hydrogen-bond donors (Lipinski definition) is 0. The van der Waals surface area contributed by atoms with Gasteiger partial charge in [-0.25, -0.2) is 14.6 Å². The predicted octanol–water partition coefficient (Wildman–Crippen LogP) is 6.91. The van der Waals surface area contributed by atoms with Gasteiger partial charge in [0.2, 0.25) is 0 Å². The number of amides is 2. The van der Waals surface area contributed by atoms with E-state index in [4.69, 9.17) is 26.1 Å². The minimum absolute atomic E-state index is 0.276. The maximum absolute atomic E-state index is 12.7. The Kier molecular flexibility index (Phi) is 7.81. The van der Waals surface area contributed by atoms with Crippen molar-refractivity contribution in [3.05, 3.63) is 58.6 Å². The van der Waals surface area contributed by atoms with Gasteiger partial charge in [-0.1, -0.05) is 35.9 Å². The van der Waals surface area contributed by atoms with Crippen molar-refractivity contribution in [2.45, 2.75) is 65.7 Å². The normalized spacial score (nSPS) is 16.0. The highest BCUT2D eigenvalue weighted by Gasteiger charge is 2.29. The number of hydrogen-bond acceptors (Lipinski definition) is 6. The first-order valence-corrected chi connectivity index (χ1v) is 14.6. The average molecular weight is 579 g/mol. The van der Waals surface area contributed by atoms with Gasteiger partial charge in [0.15, 0.2) is 0 Å². The summed E-state index contributed by atoms with van der Waals surface area (Å²) in [5.41, 5.74) is 4.47. The quantitative estimate of drug-likeness (QED) is 0.329. The molecule has 218 valence electrons. The van der Waals surface area contributed by atoms with Crippen LogP contribution in [-0.4, -0.2) is 70.9 Å². The number of benzene rings is 2. The van der Waals surface area contributed by atoms with Gasteiger partial charge < -0.3 is 24.2 Å². The molecule has 2 aliphatic heterocycles. The van der Waals surface area contributed by atoms with Crippen LogP contribution in [0.15, 0.2) is 42.5 Å². The third kappa shape index (κ3) is 6.70. The van der Waals surface area contributed by atoms with Gasteiger partial charge in [0, 0.05) is 44.7 Å². The van der Waals surface area contributed by atoms with E-state index in [0.29, 0.717) is 44.3 Å². The van der Waals surface area contributed by atoms with E-state index in [1.54, 1.807) is 9.80 Å². The number of carbonyl (C=O) groups is 2. The lowest BCUT2D eigenvalue weighted by Gasteiger charge is -2.36. The maximum atomic E-state index is 12.7. The number of pyridine rings is 1. The van der Waals surface area contributed by atoms with E-state index in [1.807, 2.05) is 59.7 Å². The Morgan fingerprint density at radius 2 is 1.49 bits per heavy atom. The molecule has 3 aromatic rings. The van der Waals surface area contributed by atoms with Crippen LogP contribution in [-0.2, 0) is 22.4 Å². The van der Waals surface area contributed by atoms with Crippen LogP contribution in [0.5, 0.6) is 0 Å². The number of carbonyl (C=O) groups excluding carboxylic acids is 2. The molecular formula is C32H39ClN4O4. The molecule has 1 fully saturated rings. The monoisotopic (exact) mass is 578 g/mol. The molecule has 2 amide bonds. The third-order valence-corrected chi connectivity index (χ3v) is 7.49. The maximum Gasteiger partial charge on any atom is 0.410 e. The number of halogens is 1. The fraction of sp³-hybridized carbons (Fsp3) is 0.469. The van der Waals surface area contributed by atoms with Gasteiger partial charge >= 0.3 is 12.2 Å². The first-order valence-electron chi connectivity index (χ1n) is 14.2. The number of fused-ring (bicyclic) bond motifs is 2. The molecule has 5 rings (SSSR count). The third-order valence-electron chi connectivity index (χ3n) is 7.21. The Hall–Kier alpha value is -3.52. The minimum Gasteiger partial charge on any atom is -0.444 e. The van der Waals surface area contributed by atoms with Crippen LogP contribution in [0.2, 0.25) is 5.02 Å². The lowest BCUT2D eigenvalue weighted by molar-refractivity contribution is 0.0219. The average Bonchev–Trinajstić information content (AvgIpc) is 2.90. The van der Waals surface area contributed by atoms with Gasteiger partial charge in [-0.05, 0) is 88.4 Å². The van der Waals surface area contributed by atoms with E-state index in [2.05, 4.69) is 29.2 Å². The molecule has 0 atom stereocenters. The number of rotatable bonds is 2. The highest BCUT2D eigenvalue weighted by Crippen LogP contribution is 2.35. The largest absolute Gasteiger partial charge is 0.444 e. The topological polar surface area (TPSA) is 75.2 Å². The summed E-state index contributed by atoms with van der Waals surface area (Å²) in [7, 11) is 0. The summed E-state index contributed by atoms with van der Waals surface area (Å²) in [5.74, 6) is 0.732. The number of nitrogens with zero attached hydrogens (tertiary/aromatic N) is 4. The summed E-state index contributed by atoms with van der Waals surface area (Å²) in [6.07, 6.45) is 0.195. The second-order valence-corrected chi connectivity index (χ2v) is 13.2. The number of anilines is 1. The summed E-state index contributed by atoms with van der Waals surface area (Å²) >= 11 is 6.77. The summed E-state index contributed by atoms with van der Waals surface area (Å²) in [6.45, 7) is 14.8. The van der Waals surface area contributed by atoms with Crippen molar-refractivity contribution in [1.29, 1.82) is 0 Å². The van der Waals surface area contributed by atoms with Crippen LogP contribution >= 0.6 is 11.6 Å². The number of aromatic nitrogens is 1. The molecule has 0 radical (unpaired) electrons. The van der Waals surface area contributed by atoms with E-state index in [0.717, 1.165) is 39.8 Å². The molecule has 41 heavy (non-hydrogen) atoms. The van der Waals surface area contributed by atoms with Gasteiger partial charge in [0.1, 0.15) is 17.0 Å². The van der Waals surface area contributed by atoms with Gasteiger partial charge in [-0.15, -0.1) is 0 Å². The zero-order valence-corrected chi connectivity index (χ0v) is 25.5. The van der Waals surface area contributed by atoms with Gasteiger partial charge in [0.05, 0.1) is 10.5 Å². The van der Waals surface area contributed by atoms with E-state index in [1.165, 1.54) is 5.56 Å². The van der Waals surface area contributed by atoms with E-state index < -0.39 is 11.2 Å².